The van der Waals surface area contributed by atoms with E-state index in [0.717, 1.165) is 0 Å². The van der Waals surface area contributed by atoms with Gasteiger partial charge in [-0.15, -0.1) is 0 Å². The van der Waals surface area contributed by atoms with Crippen LogP contribution in [0, 0.1) is 0 Å². The molecule has 1 aromatic carbocycles. The Balaban J connectivity index is 2.12. The van der Waals surface area contributed by atoms with Gasteiger partial charge in [0.15, 0.2) is 6.21 Å². The molecule has 1 nitrogen and oxygen atoms in total. The Labute approximate surface area is 96.1 Å². The SMILES string of the molecule is CC1(C)C2=CC=[N+]3CCc4cccc1c4C23. The zero-order valence-corrected chi connectivity index (χ0v) is 9.83. The van der Waals surface area contributed by atoms with Gasteiger partial charge in [-0.1, -0.05) is 32.0 Å². The summed E-state index contributed by atoms with van der Waals surface area (Å²) in [6, 6.07) is 7.43. The first-order valence-electron chi connectivity index (χ1n) is 6.13. The molecule has 1 heteroatoms. The van der Waals surface area contributed by atoms with Gasteiger partial charge in [0.2, 0.25) is 6.04 Å². The third kappa shape index (κ3) is 0.786. The molecule has 2 aliphatic heterocycles. The van der Waals surface area contributed by atoms with Crippen molar-refractivity contribution in [2.45, 2.75) is 31.7 Å². The Morgan fingerprint density at radius 3 is 3.06 bits per heavy atom. The van der Waals surface area contributed by atoms with Gasteiger partial charge in [0.1, 0.15) is 6.54 Å². The van der Waals surface area contributed by atoms with Crippen LogP contribution in [0.2, 0.25) is 0 Å². The van der Waals surface area contributed by atoms with E-state index in [1.807, 2.05) is 0 Å². The average molecular weight is 210 g/mol. The molecule has 0 bridgehead atoms. The minimum Gasteiger partial charge on any atom is -0.225 e. The highest BCUT2D eigenvalue weighted by molar-refractivity contribution is 5.75. The van der Waals surface area contributed by atoms with E-state index in [9.17, 15) is 0 Å². The van der Waals surface area contributed by atoms with Crippen LogP contribution < -0.4 is 0 Å². The Morgan fingerprint density at radius 2 is 2.19 bits per heavy atom. The highest BCUT2D eigenvalue weighted by atomic mass is 15.1. The topological polar surface area (TPSA) is 3.01 Å². The molecule has 80 valence electrons. The molecule has 0 N–H and O–H groups in total. The summed E-state index contributed by atoms with van der Waals surface area (Å²) in [5.41, 5.74) is 6.56. The molecular weight excluding hydrogens is 194 g/mol. The van der Waals surface area contributed by atoms with Gasteiger partial charge >= 0.3 is 0 Å². The standard InChI is InChI=1S/C15H16N/c1-15(2)11-5-3-4-10-6-8-16-9-7-12(15)14(16)13(10)11/h3-5,7,9,14H,6,8H2,1-2H3/q+1. The maximum absolute atomic E-state index is 2.51. The third-order valence-corrected chi connectivity index (χ3v) is 4.58. The molecule has 3 aliphatic rings. The van der Waals surface area contributed by atoms with Crippen molar-refractivity contribution in [3.05, 3.63) is 46.5 Å². The van der Waals surface area contributed by atoms with Crippen LogP contribution in [0.25, 0.3) is 0 Å². The fourth-order valence-electron chi connectivity index (χ4n) is 3.71. The number of allylic oxidation sites excluding steroid dienone is 1. The van der Waals surface area contributed by atoms with Crippen LogP contribution in [-0.2, 0) is 11.8 Å². The van der Waals surface area contributed by atoms with Gasteiger partial charge in [0.05, 0.1) is 0 Å². The van der Waals surface area contributed by atoms with Crippen LogP contribution >= 0.6 is 0 Å². The van der Waals surface area contributed by atoms with Gasteiger partial charge in [-0.2, -0.15) is 0 Å². The minimum atomic E-state index is 0.228. The van der Waals surface area contributed by atoms with Crippen molar-refractivity contribution in [2.24, 2.45) is 0 Å². The predicted octanol–water partition coefficient (Wildman–Crippen LogP) is 2.60. The van der Waals surface area contributed by atoms with Crippen LogP contribution in [0.5, 0.6) is 0 Å². The summed E-state index contributed by atoms with van der Waals surface area (Å²) in [7, 11) is 0. The summed E-state index contributed by atoms with van der Waals surface area (Å²) < 4.78 is 2.51. The second-order valence-corrected chi connectivity index (χ2v) is 5.66. The molecule has 4 rings (SSSR count). The molecule has 0 saturated carbocycles. The van der Waals surface area contributed by atoms with Crippen molar-refractivity contribution in [2.75, 3.05) is 6.54 Å². The molecule has 1 unspecified atom stereocenters. The molecule has 1 aromatic rings. The second-order valence-electron chi connectivity index (χ2n) is 5.66. The largest absolute Gasteiger partial charge is 0.225 e. The normalized spacial score (nSPS) is 27.5. The van der Waals surface area contributed by atoms with Crippen LogP contribution in [-0.4, -0.2) is 17.3 Å². The summed E-state index contributed by atoms with van der Waals surface area (Å²) in [6.45, 7) is 5.91. The molecule has 2 heterocycles. The molecular formula is C15H16N+. The smallest absolute Gasteiger partial charge is 0.201 e. The lowest BCUT2D eigenvalue weighted by Gasteiger charge is -2.19. The maximum Gasteiger partial charge on any atom is 0.201 e. The van der Waals surface area contributed by atoms with E-state index >= 15 is 0 Å². The lowest BCUT2D eigenvalue weighted by molar-refractivity contribution is -0.557. The average Bonchev–Trinajstić information content (AvgIpc) is 2.79. The molecule has 16 heavy (non-hydrogen) atoms. The predicted molar refractivity (Wildman–Crippen MR) is 65.2 cm³/mol. The molecule has 1 atom stereocenters. The van der Waals surface area contributed by atoms with Crippen LogP contribution in [0.1, 0.15) is 36.6 Å². The monoisotopic (exact) mass is 210 g/mol. The van der Waals surface area contributed by atoms with Crippen molar-refractivity contribution >= 4 is 6.21 Å². The van der Waals surface area contributed by atoms with Crippen molar-refractivity contribution in [3.8, 4) is 0 Å². The number of rotatable bonds is 0. The molecule has 0 spiro atoms. The fraction of sp³-hybridized carbons (Fsp3) is 0.400. The summed E-state index contributed by atoms with van der Waals surface area (Å²) in [5, 5.41) is 0. The van der Waals surface area contributed by atoms with E-state index < -0.39 is 0 Å². The second kappa shape index (κ2) is 2.48. The molecule has 0 amide bonds. The van der Waals surface area contributed by atoms with Crippen molar-refractivity contribution in [1.29, 1.82) is 0 Å². The maximum atomic E-state index is 2.51. The first-order valence-corrected chi connectivity index (χ1v) is 6.13. The highest BCUT2D eigenvalue weighted by Crippen LogP contribution is 2.54. The van der Waals surface area contributed by atoms with Crippen LogP contribution in [0.4, 0.5) is 0 Å². The number of hydrogen-bond acceptors (Lipinski definition) is 0. The third-order valence-electron chi connectivity index (χ3n) is 4.58. The Hall–Kier alpha value is -1.37. The molecule has 1 aliphatic carbocycles. The van der Waals surface area contributed by atoms with Gasteiger partial charge in [0.25, 0.3) is 0 Å². The highest BCUT2D eigenvalue weighted by Gasteiger charge is 2.51. The Kier molecular flexibility index (Phi) is 1.35. The minimum absolute atomic E-state index is 0.228. The van der Waals surface area contributed by atoms with Crippen LogP contribution in [0.3, 0.4) is 0 Å². The quantitative estimate of drug-likeness (QED) is 0.579. The van der Waals surface area contributed by atoms with Crippen molar-refractivity contribution in [3.63, 3.8) is 0 Å². The Bertz CT molecular complexity index is 561. The van der Waals surface area contributed by atoms with Gasteiger partial charge in [-0.05, 0) is 11.1 Å². The van der Waals surface area contributed by atoms with E-state index in [4.69, 9.17) is 0 Å². The van der Waals surface area contributed by atoms with Gasteiger partial charge in [-0.3, -0.25) is 0 Å². The number of nitrogens with zero attached hydrogens (tertiary/aromatic N) is 1. The summed E-state index contributed by atoms with van der Waals surface area (Å²) in [4.78, 5) is 0. The summed E-state index contributed by atoms with van der Waals surface area (Å²) >= 11 is 0. The molecule has 0 radical (unpaired) electrons. The van der Waals surface area contributed by atoms with Gasteiger partial charge < -0.3 is 0 Å². The van der Waals surface area contributed by atoms with E-state index in [-0.39, 0.29) is 5.41 Å². The van der Waals surface area contributed by atoms with E-state index in [2.05, 4.69) is 48.9 Å². The molecule has 0 aromatic heterocycles. The molecule has 0 fully saturated rings. The summed E-state index contributed by atoms with van der Waals surface area (Å²) in [5.74, 6) is 0. The van der Waals surface area contributed by atoms with Gasteiger partial charge in [0, 0.05) is 29.0 Å². The lowest BCUT2D eigenvalue weighted by Crippen LogP contribution is -2.24. The van der Waals surface area contributed by atoms with Crippen LogP contribution in [0.15, 0.2) is 29.8 Å². The fourth-order valence-corrected chi connectivity index (χ4v) is 3.71. The van der Waals surface area contributed by atoms with Crippen molar-refractivity contribution in [1.82, 2.24) is 0 Å². The lowest BCUT2D eigenvalue weighted by atomic mass is 9.82. The first-order chi connectivity index (χ1) is 7.69. The zero-order chi connectivity index (χ0) is 10.9. The van der Waals surface area contributed by atoms with E-state index in [0.29, 0.717) is 6.04 Å². The Morgan fingerprint density at radius 1 is 1.31 bits per heavy atom. The van der Waals surface area contributed by atoms with E-state index in [1.165, 1.54) is 13.0 Å². The summed E-state index contributed by atoms with van der Waals surface area (Å²) in [6.07, 6.45) is 5.84. The first kappa shape index (κ1) is 8.74. The molecule has 0 saturated heterocycles. The number of benzene rings is 1. The zero-order valence-electron chi connectivity index (χ0n) is 9.83. The van der Waals surface area contributed by atoms with Crippen molar-refractivity contribution < 1.29 is 4.58 Å². The van der Waals surface area contributed by atoms with Gasteiger partial charge in [-0.25, -0.2) is 4.58 Å². The number of hydrogen-bond donors (Lipinski definition) is 0. The van der Waals surface area contributed by atoms with E-state index in [1.54, 1.807) is 22.3 Å².